The highest BCUT2D eigenvalue weighted by Gasteiger charge is 2.29. The lowest BCUT2D eigenvalue weighted by molar-refractivity contribution is 0.127. The van der Waals surface area contributed by atoms with Gasteiger partial charge in [-0.25, -0.2) is 0 Å². The molecule has 0 aromatic heterocycles. The summed E-state index contributed by atoms with van der Waals surface area (Å²) in [6.45, 7) is 7.28. The number of aryl methyl sites for hydroxylation is 1. The van der Waals surface area contributed by atoms with E-state index in [1.165, 1.54) is 36.8 Å². The van der Waals surface area contributed by atoms with Crippen molar-refractivity contribution in [1.29, 1.82) is 0 Å². The van der Waals surface area contributed by atoms with E-state index in [1.807, 2.05) is 0 Å². The fraction of sp³-hybridized carbons (Fsp3) is 0.667. The highest BCUT2D eigenvalue weighted by Crippen LogP contribution is 2.36. The standard InChI is InChI=1S/C18H29NO/c1-3-4-11-20-12-5-10-19-18-13-17(14-18)16-8-6-15(2)7-9-16/h6-9,17-19H,3-5,10-14H2,1-2H3. The van der Waals surface area contributed by atoms with Crippen LogP contribution in [0.3, 0.4) is 0 Å². The molecule has 1 saturated carbocycles. The molecule has 1 aromatic rings. The highest BCUT2D eigenvalue weighted by molar-refractivity contribution is 5.26. The number of nitrogens with one attached hydrogen (secondary N) is 1. The molecule has 20 heavy (non-hydrogen) atoms. The van der Waals surface area contributed by atoms with Crippen molar-refractivity contribution < 1.29 is 4.74 Å². The van der Waals surface area contributed by atoms with Crippen LogP contribution in [0, 0.1) is 6.92 Å². The maximum absolute atomic E-state index is 5.57. The van der Waals surface area contributed by atoms with Crippen molar-refractivity contribution in [3.05, 3.63) is 35.4 Å². The number of ether oxygens (including phenoxy) is 1. The van der Waals surface area contributed by atoms with Crippen LogP contribution in [-0.2, 0) is 4.74 Å². The van der Waals surface area contributed by atoms with Gasteiger partial charge in [-0.3, -0.25) is 0 Å². The summed E-state index contributed by atoms with van der Waals surface area (Å²) in [5.41, 5.74) is 2.86. The summed E-state index contributed by atoms with van der Waals surface area (Å²) in [4.78, 5) is 0. The van der Waals surface area contributed by atoms with E-state index in [0.29, 0.717) is 0 Å². The molecule has 0 radical (unpaired) electrons. The van der Waals surface area contributed by atoms with Crippen molar-refractivity contribution in [3.63, 3.8) is 0 Å². The number of benzene rings is 1. The Labute approximate surface area is 123 Å². The summed E-state index contributed by atoms with van der Waals surface area (Å²) in [6.07, 6.45) is 6.13. The third kappa shape index (κ3) is 4.92. The second-order valence-electron chi connectivity index (χ2n) is 6.05. The number of hydrogen-bond acceptors (Lipinski definition) is 2. The van der Waals surface area contributed by atoms with Gasteiger partial charge < -0.3 is 10.1 Å². The molecule has 2 heteroatoms. The minimum absolute atomic E-state index is 0.719. The van der Waals surface area contributed by atoms with Gasteiger partial charge in [0.2, 0.25) is 0 Å². The third-order valence-electron chi connectivity index (χ3n) is 4.23. The molecule has 1 N–H and O–H groups in total. The molecule has 1 aromatic carbocycles. The smallest absolute Gasteiger partial charge is 0.0478 e. The molecule has 0 heterocycles. The summed E-state index contributed by atoms with van der Waals surface area (Å²) < 4.78 is 5.57. The lowest BCUT2D eigenvalue weighted by Crippen LogP contribution is -2.40. The van der Waals surface area contributed by atoms with E-state index in [1.54, 1.807) is 0 Å². The molecule has 0 atom stereocenters. The molecule has 1 fully saturated rings. The SMILES string of the molecule is CCCCOCCCNC1CC(c2ccc(C)cc2)C1. The topological polar surface area (TPSA) is 21.3 Å². The van der Waals surface area contributed by atoms with Crippen LogP contribution in [0.15, 0.2) is 24.3 Å². The summed E-state index contributed by atoms with van der Waals surface area (Å²) in [5, 5.41) is 3.64. The molecule has 0 unspecified atom stereocenters. The van der Waals surface area contributed by atoms with Crippen LogP contribution in [0.1, 0.15) is 56.1 Å². The van der Waals surface area contributed by atoms with Gasteiger partial charge in [0.15, 0.2) is 0 Å². The molecule has 1 aliphatic carbocycles. The van der Waals surface area contributed by atoms with Crippen molar-refractivity contribution in [3.8, 4) is 0 Å². The monoisotopic (exact) mass is 275 g/mol. The van der Waals surface area contributed by atoms with Crippen LogP contribution < -0.4 is 5.32 Å². The third-order valence-corrected chi connectivity index (χ3v) is 4.23. The first kappa shape index (κ1) is 15.5. The average Bonchev–Trinajstić information content (AvgIpc) is 2.41. The van der Waals surface area contributed by atoms with Crippen LogP contribution in [0.2, 0.25) is 0 Å². The summed E-state index contributed by atoms with van der Waals surface area (Å²) in [6, 6.07) is 9.75. The zero-order valence-electron chi connectivity index (χ0n) is 13.0. The quantitative estimate of drug-likeness (QED) is 0.687. The Balaban J connectivity index is 1.50. The van der Waals surface area contributed by atoms with Crippen LogP contribution in [0.4, 0.5) is 0 Å². The lowest BCUT2D eigenvalue weighted by atomic mass is 9.76. The Hall–Kier alpha value is -0.860. The molecule has 2 rings (SSSR count). The van der Waals surface area contributed by atoms with E-state index in [9.17, 15) is 0 Å². The van der Waals surface area contributed by atoms with Crippen LogP contribution >= 0.6 is 0 Å². The molecule has 1 aliphatic rings. The van der Waals surface area contributed by atoms with Crippen molar-refractivity contribution in [2.75, 3.05) is 19.8 Å². The van der Waals surface area contributed by atoms with Gasteiger partial charge in [0, 0.05) is 19.3 Å². The largest absolute Gasteiger partial charge is 0.381 e. The predicted octanol–water partition coefficient (Wildman–Crippen LogP) is 4.04. The molecule has 0 amide bonds. The molecule has 112 valence electrons. The summed E-state index contributed by atoms with van der Waals surface area (Å²) in [7, 11) is 0. The first-order valence-corrected chi connectivity index (χ1v) is 8.17. The minimum atomic E-state index is 0.719. The van der Waals surface area contributed by atoms with Gasteiger partial charge in [-0.2, -0.15) is 0 Å². The maximum atomic E-state index is 5.57. The van der Waals surface area contributed by atoms with Crippen LogP contribution in [0.25, 0.3) is 0 Å². The van der Waals surface area contributed by atoms with Crippen molar-refractivity contribution >= 4 is 0 Å². The molecule has 0 saturated heterocycles. The maximum Gasteiger partial charge on any atom is 0.0478 e. The fourth-order valence-corrected chi connectivity index (χ4v) is 2.72. The Morgan fingerprint density at radius 1 is 1.10 bits per heavy atom. The van der Waals surface area contributed by atoms with Gasteiger partial charge >= 0.3 is 0 Å². The summed E-state index contributed by atoms with van der Waals surface area (Å²) in [5.74, 6) is 0.772. The first-order chi connectivity index (χ1) is 9.79. The van der Waals surface area contributed by atoms with E-state index >= 15 is 0 Å². The zero-order valence-corrected chi connectivity index (χ0v) is 13.0. The van der Waals surface area contributed by atoms with E-state index < -0.39 is 0 Å². The van der Waals surface area contributed by atoms with Gasteiger partial charge in [0.25, 0.3) is 0 Å². The van der Waals surface area contributed by atoms with E-state index in [2.05, 4.69) is 43.4 Å². The molecular formula is C18H29NO. The Bertz CT molecular complexity index is 368. The van der Waals surface area contributed by atoms with Gasteiger partial charge in [-0.05, 0) is 50.6 Å². The molecule has 0 aliphatic heterocycles. The Morgan fingerprint density at radius 3 is 2.50 bits per heavy atom. The molecule has 2 nitrogen and oxygen atoms in total. The Morgan fingerprint density at radius 2 is 1.80 bits per heavy atom. The van der Waals surface area contributed by atoms with Gasteiger partial charge in [-0.15, -0.1) is 0 Å². The fourth-order valence-electron chi connectivity index (χ4n) is 2.72. The molecule has 0 spiro atoms. The number of unbranched alkanes of at least 4 members (excludes halogenated alkanes) is 1. The first-order valence-electron chi connectivity index (χ1n) is 8.17. The number of hydrogen-bond donors (Lipinski definition) is 1. The summed E-state index contributed by atoms with van der Waals surface area (Å²) >= 11 is 0. The van der Waals surface area contributed by atoms with Crippen molar-refractivity contribution in [1.82, 2.24) is 5.32 Å². The second kappa shape index (κ2) is 8.43. The van der Waals surface area contributed by atoms with E-state index in [-0.39, 0.29) is 0 Å². The molecular weight excluding hydrogens is 246 g/mol. The van der Waals surface area contributed by atoms with Gasteiger partial charge in [0.1, 0.15) is 0 Å². The minimum Gasteiger partial charge on any atom is -0.381 e. The predicted molar refractivity (Wildman–Crippen MR) is 85.3 cm³/mol. The number of rotatable bonds is 9. The van der Waals surface area contributed by atoms with Crippen molar-refractivity contribution in [2.45, 2.75) is 57.9 Å². The Kier molecular flexibility index (Phi) is 6.55. The van der Waals surface area contributed by atoms with E-state index in [4.69, 9.17) is 4.74 Å². The zero-order chi connectivity index (χ0) is 14.2. The average molecular weight is 275 g/mol. The highest BCUT2D eigenvalue weighted by atomic mass is 16.5. The van der Waals surface area contributed by atoms with Gasteiger partial charge in [0.05, 0.1) is 0 Å². The lowest BCUT2D eigenvalue weighted by Gasteiger charge is -2.36. The second-order valence-corrected chi connectivity index (χ2v) is 6.05. The van der Waals surface area contributed by atoms with Crippen LogP contribution in [0.5, 0.6) is 0 Å². The van der Waals surface area contributed by atoms with E-state index in [0.717, 1.165) is 38.1 Å². The molecule has 0 bridgehead atoms. The van der Waals surface area contributed by atoms with Gasteiger partial charge in [-0.1, -0.05) is 43.2 Å². The van der Waals surface area contributed by atoms with Crippen LogP contribution in [-0.4, -0.2) is 25.8 Å². The van der Waals surface area contributed by atoms with Crippen molar-refractivity contribution in [2.24, 2.45) is 0 Å². The normalized spacial score (nSPS) is 21.7.